The van der Waals surface area contributed by atoms with Crippen LogP contribution in [0.2, 0.25) is 5.02 Å². The molecular formula is C22H15ClN2O6S. The van der Waals surface area contributed by atoms with Crippen LogP contribution in [0.3, 0.4) is 0 Å². The minimum atomic E-state index is -4.42. The quantitative estimate of drug-likeness (QED) is 0.589. The molecule has 1 spiro atoms. The van der Waals surface area contributed by atoms with E-state index in [0.29, 0.717) is 5.69 Å². The van der Waals surface area contributed by atoms with E-state index in [4.69, 9.17) is 26.5 Å². The van der Waals surface area contributed by atoms with Crippen LogP contribution < -0.4 is 21.4 Å². The maximum atomic E-state index is 13.8. The summed E-state index contributed by atoms with van der Waals surface area (Å²) in [5.74, 6) is -1.16. The maximum absolute atomic E-state index is 13.8. The third-order valence-corrected chi connectivity index (χ3v) is 7.67. The van der Waals surface area contributed by atoms with E-state index < -0.39 is 37.6 Å². The summed E-state index contributed by atoms with van der Waals surface area (Å²) >= 11 is 6.21. The number of benzene rings is 2. The van der Waals surface area contributed by atoms with Crippen molar-refractivity contribution in [3.63, 3.8) is 0 Å². The molecule has 32 heavy (non-hydrogen) atoms. The Kier molecular flexibility index (Phi) is 4.27. The van der Waals surface area contributed by atoms with Crippen LogP contribution in [0.5, 0.6) is 5.75 Å². The van der Waals surface area contributed by atoms with Crippen molar-refractivity contribution in [1.82, 2.24) is 0 Å². The van der Waals surface area contributed by atoms with Crippen molar-refractivity contribution in [3.8, 4) is 5.75 Å². The molecule has 1 amide bonds. The van der Waals surface area contributed by atoms with Crippen LogP contribution in [0.4, 0.5) is 5.69 Å². The Bertz CT molecular complexity index is 1510. The highest BCUT2D eigenvalue weighted by Crippen LogP contribution is 2.55. The van der Waals surface area contributed by atoms with Gasteiger partial charge in [-0.1, -0.05) is 29.8 Å². The number of anilines is 1. The zero-order valence-corrected chi connectivity index (χ0v) is 18.1. The molecule has 3 heterocycles. The third-order valence-electron chi connectivity index (χ3n) is 5.49. The van der Waals surface area contributed by atoms with Crippen LogP contribution >= 0.6 is 11.6 Å². The number of rotatable bonds is 2. The van der Waals surface area contributed by atoms with Crippen molar-refractivity contribution < 1.29 is 22.4 Å². The van der Waals surface area contributed by atoms with Gasteiger partial charge in [0.2, 0.25) is 21.6 Å². The van der Waals surface area contributed by atoms with E-state index in [2.05, 4.69) is 5.32 Å². The van der Waals surface area contributed by atoms with Gasteiger partial charge in [0.1, 0.15) is 22.0 Å². The number of aryl methyl sites for hydroxylation is 1. The molecule has 0 saturated heterocycles. The van der Waals surface area contributed by atoms with Gasteiger partial charge in [-0.2, -0.15) is 0 Å². The molecule has 0 radical (unpaired) electrons. The lowest BCUT2D eigenvalue weighted by Crippen LogP contribution is -2.48. The number of hydrogen-bond acceptors (Lipinski definition) is 7. The first-order chi connectivity index (χ1) is 15.2. The molecular weight excluding hydrogens is 456 g/mol. The van der Waals surface area contributed by atoms with Crippen LogP contribution in [0, 0.1) is 6.92 Å². The molecule has 0 bridgehead atoms. The molecule has 10 heteroatoms. The molecule has 1 atom stereocenters. The summed E-state index contributed by atoms with van der Waals surface area (Å²) < 4.78 is 38.5. The standard InChI is InChI=1S/C22H15ClN2O6S/c1-11-9-16-17(20(26)30-11)22(14-10-12(23)7-8-15(14)25-21(22)27)18(19(24)31-16)32(28,29)13-5-3-2-4-6-13/h2-10H,24H2,1H3,(H,25,27). The van der Waals surface area contributed by atoms with Gasteiger partial charge in [0, 0.05) is 22.3 Å². The van der Waals surface area contributed by atoms with Crippen LogP contribution in [0.25, 0.3) is 0 Å². The first kappa shape index (κ1) is 20.3. The highest BCUT2D eigenvalue weighted by atomic mass is 35.5. The topological polar surface area (TPSA) is 129 Å². The molecule has 0 fully saturated rings. The van der Waals surface area contributed by atoms with Crippen molar-refractivity contribution in [3.05, 3.63) is 97.7 Å². The lowest BCUT2D eigenvalue weighted by atomic mass is 9.74. The predicted octanol–water partition coefficient (Wildman–Crippen LogP) is 2.83. The van der Waals surface area contributed by atoms with Crippen LogP contribution in [0.1, 0.15) is 16.9 Å². The lowest BCUT2D eigenvalue weighted by Gasteiger charge is -2.34. The number of halogens is 1. The van der Waals surface area contributed by atoms with E-state index in [1.54, 1.807) is 6.07 Å². The normalized spacial score (nSPS) is 19.4. The highest BCUT2D eigenvalue weighted by Gasteiger charge is 2.62. The van der Waals surface area contributed by atoms with Crippen LogP contribution in [-0.4, -0.2) is 14.3 Å². The van der Waals surface area contributed by atoms with Gasteiger partial charge in [0.15, 0.2) is 5.41 Å². The summed E-state index contributed by atoms with van der Waals surface area (Å²) in [7, 11) is -4.42. The molecule has 3 aromatic rings. The minimum absolute atomic E-state index is 0.0637. The molecule has 2 aromatic carbocycles. The second-order valence-corrected chi connectivity index (χ2v) is 9.71. The molecule has 8 nitrogen and oxygen atoms in total. The fraction of sp³-hybridized carbons (Fsp3) is 0.0909. The Labute approximate surface area is 187 Å². The van der Waals surface area contributed by atoms with Crippen LogP contribution in [-0.2, 0) is 20.0 Å². The molecule has 2 aliphatic heterocycles. The van der Waals surface area contributed by atoms with E-state index in [1.807, 2.05) is 0 Å². The fourth-order valence-electron chi connectivity index (χ4n) is 4.26. The number of nitrogens with two attached hydrogens (primary N) is 1. The van der Waals surface area contributed by atoms with Crippen molar-refractivity contribution in [1.29, 1.82) is 0 Å². The Balaban J connectivity index is 1.97. The zero-order chi connectivity index (χ0) is 22.8. The number of carbonyl (C=O) groups is 1. The molecule has 0 aliphatic carbocycles. The van der Waals surface area contributed by atoms with E-state index >= 15 is 0 Å². The van der Waals surface area contributed by atoms with Gasteiger partial charge in [-0.3, -0.25) is 4.79 Å². The van der Waals surface area contributed by atoms with Gasteiger partial charge in [-0.25, -0.2) is 13.2 Å². The molecule has 2 aliphatic rings. The smallest absolute Gasteiger partial charge is 0.344 e. The molecule has 1 aromatic heterocycles. The predicted molar refractivity (Wildman–Crippen MR) is 116 cm³/mol. The SMILES string of the molecule is Cc1cc2c(c(=O)o1)C1(C(=O)Nc3ccc(Cl)cc31)C(S(=O)(=O)c1ccccc1)=C(N)O2. The molecule has 162 valence electrons. The molecule has 0 saturated carbocycles. The lowest BCUT2D eigenvalue weighted by molar-refractivity contribution is -0.118. The number of amides is 1. The first-order valence-electron chi connectivity index (χ1n) is 9.42. The summed E-state index contributed by atoms with van der Waals surface area (Å²) in [6.45, 7) is 1.52. The first-order valence-corrected chi connectivity index (χ1v) is 11.3. The summed E-state index contributed by atoms with van der Waals surface area (Å²) in [5.41, 5.74) is 3.26. The highest BCUT2D eigenvalue weighted by molar-refractivity contribution is 7.95. The summed E-state index contributed by atoms with van der Waals surface area (Å²) in [5, 5.41) is 2.89. The van der Waals surface area contributed by atoms with Gasteiger partial charge in [-0.15, -0.1) is 0 Å². The second kappa shape index (κ2) is 6.72. The largest absolute Gasteiger partial charge is 0.440 e. The van der Waals surface area contributed by atoms with Gasteiger partial charge in [0.05, 0.1) is 4.90 Å². The number of carbonyl (C=O) groups excluding carboxylic acids is 1. The van der Waals surface area contributed by atoms with Gasteiger partial charge < -0.3 is 20.2 Å². The van der Waals surface area contributed by atoms with Crippen molar-refractivity contribution in [2.75, 3.05) is 5.32 Å². The zero-order valence-electron chi connectivity index (χ0n) is 16.5. The average Bonchev–Trinajstić information content (AvgIpc) is 2.99. The maximum Gasteiger partial charge on any atom is 0.344 e. The monoisotopic (exact) mass is 470 g/mol. The van der Waals surface area contributed by atoms with E-state index in [9.17, 15) is 18.0 Å². The summed E-state index contributed by atoms with van der Waals surface area (Å²) in [4.78, 5) is 26.0. The number of hydrogen-bond donors (Lipinski definition) is 2. The van der Waals surface area contributed by atoms with E-state index in [-0.39, 0.29) is 32.6 Å². The molecule has 1 unspecified atom stereocenters. The number of ether oxygens (including phenoxy) is 1. The number of sulfone groups is 1. The second-order valence-electron chi connectivity index (χ2n) is 7.39. The van der Waals surface area contributed by atoms with Gasteiger partial charge in [0.25, 0.3) is 0 Å². The van der Waals surface area contributed by atoms with Crippen molar-refractivity contribution in [2.24, 2.45) is 5.73 Å². The fourth-order valence-corrected chi connectivity index (χ4v) is 6.20. The Morgan fingerprint density at radius 3 is 2.50 bits per heavy atom. The third kappa shape index (κ3) is 2.58. The summed E-state index contributed by atoms with van der Waals surface area (Å²) in [6, 6.07) is 13.3. The van der Waals surface area contributed by atoms with Crippen LogP contribution in [0.15, 0.2) is 79.5 Å². The summed E-state index contributed by atoms with van der Waals surface area (Å²) in [6.07, 6.45) is 0. The van der Waals surface area contributed by atoms with E-state index in [0.717, 1.165) is 0 Å². The molecule has 3 N–H and O–H groups in total. The Morgan fingerprint density at radius 1 is 1.06 bits per heavy atom. The number of nitrogens with one attached hydrogen (secondary N) is 1. The van der Waals surface area contributed by atoms with Crippen molar-refractivity contribution in [2.45, 2.75) is 17.2 Å². The number of fused-ring (bicyclic) bond motifs is 4. The van der Waals surface area contributed by atoms with Gasteiger partial charge >= 0.3 is 5.63 Å². The van der Waals surface area contributed by atoms with E-state index in [1.165, 1.54) is 55.5 Å². The molecule has 5 rings (SSSR count). The minimum Gasteiger partial charge on any atom is -0.440 e. The Morgan fingerprint density at radius 2 is 1.78 bits per heavy atom. The van der Waals surface area contributed by atoms with Gasteiger partial charge in [-0.05, 0) is 37.3 Å². The van der Waals surface area contributed by atoms with Crippen molar-refractivity contribution >= 4 is 33.0 Å². The Hall–Kier alpha value is -3.56. The average molecular weight is 471 g/mol.